The van der Waals surface area contributed by atoms with Gasteiger partial charge in [-0.3, -0.25) is 4.79 Å². The largest absolute Gasteiger partial charge is 0.539 e. The van der Waals surface area contributed by atoms with Gasteiger partial charge < -0.3 is 28.5 Å². The van der Waals surface area contributed by atoms with Gasteiger partial charge in [0.15, 0.2) is 17.3 Å². The van der Waals surface area contributed by atoms with E-state index in [1.165, 1.54) is 39.4 Å². The maximum Gasteiger partial charge on any atom is 0.539 e. The minimum atomic E-state index is -0.970. The molecule has 3 aromatic carbocycles. The molecule has 0 fully saturated rings. The quantitative estimate of drug-likeness (QED) is 0.208. The minimum absolute atomic E-state index is 0.282. The van der Waals surface area contributed by atoms with Crippen LogP contribution in [0.15, 0.2) is 66.9 Å². The van der Waals surface area contributed by atoms with E-state index in [1.807, 2.05) is 0 Å². The molecular weight excluding hydrogens is 454 g/mol. The third-order valence-corrected chi connectivity index (χ3v) is 5.27. The van der Waals surface area contributed by atoms with Crippen LogP contribution in [0.25, 0.3) is 10.9 Å². The fraction of sp³-hybridized carbons (Fsp3) is 0.154. The van der Waals surface area contributed by atoms with Gasteiger partial charge in [0.1, 0.15) is 11.5 Å². The first-order chi connectivity index (χ1) is 17.0. The fourth-order valence-electron chi connectivity index (χ4n) is 3.61. The molecule has 0 aliphatic carbocycles. The number of carbonyl (C=O) groups is 2. The number of fused-ring (bicyclic) bond motifs is 1. The molecule has 4 rings (SSSR count). The summed E-state index contributed by atoms with van der Waals surface area (Å²) in [6.07, 6.45) is 0.449. The van der Waals surface area contributed by atoms with Gasteiger partial charge in [-0.25, -0.2) is 4.79 Å². The van der Waals surface area contributed by atoms with Crippen LogP contribution in [0.2, 0.25) is 0 Å². The lowest BCUT2D eigenvalue weighted by Gasteiger charge is -2.13. The van der Waals surface area contributed by atoms with E-state index in [9.17, 15) is 9.59 Å². The first-order valence-electron chi connectivity index (χ1n) is 10.5. The van der Waals surface area contributed by atoms with Gasteiger partial charge in [-0.15, -0.1) is 0 Å². The summed E-state index contributed by atoms with van der Waals surface area (Å²) >= 11 is 0. The first kappa shape index (κ1) is 23.5. The molecule has 0 aliphatic rings. The molecule has 0 saturated heterocycles. The second-order valence-electron chi connectivity index (χ2n) is 7.25. The number of carbonyl (C=O) groups excluding carboxylic acids is 2. The molecule has 0 amide bonds. The van der Waals surface area contributed by atoms with Crippen LogP contribution in [-0.2, 0) is 0 Å². The predicted molar refractivity (Wildman–Crippen MR) is 127 cm³/mol. The normalized spacial score (nSPS) is 10.5. The molecule has 0 aliphatic heterocycles. The lowest BCUT2D eigenvalue weighted by Crippen LogP contribution is -2.22. The zero-order chi connectivity index (χ0) is 24.9. The Labute approximate surface area is 201 Å². The van der Waals surface area contributed by atoms with Gasteiger partial charge in [-0.05, 0) is 36.4 Å². The van der Waals surface area contributed by atoms with E-state index < -0.39 is 6.16 Å². The van der Waals surface area contributed by atoms with Crippen molar-refractivity contribution < 1.29 is 38.1 Å². The summed E-state index contributed by atoms with van der Waals surface area (Å²) < 4.78 is 27.8. The standard InChI is InChI=1S/C26H23NO8/c1-30-18-10-11-19-20(24(28)16-12-22(31-2)25(33-4)23(13-16)32-3)15-27(21(19)14-18)35-26(29)34-17-8-6-5-7-9-17/h5-15H,1-4H3. The van der Waals surface area contributed by atoms with Crippen molar-refractivity contribution in [2.75, 3.05) is 28.4 Å². The highest BCUT2D eigenvalue weighted by atomic mass is 16.8. The molecule has 9 heteroatoms. The van der Waals surface area contributed by atoms with Crippen molar-refractivity contribution in [3.63, 3.8) is 0 Å². The second-order valence-corrected chi connectivity index (χ2v) is 7.25. The molecule has 0 N–H and O–H groups in total. The van der Waals surface area contributed by atoms with Gasteiger partial charge >= 0.3 is 6.16 Å². The van der Waals surface area contributed by atoms with Crippen molar-refractivity contribution in [2.24, 2.45) is 0 Å². The number of ketones is 1. The molecule has 35 heavy (non-hydrogen) atoms. The smallest absolute Gasteiger partial charge is 0.497 e. The fourth-order valence-corrected chi connectivity index (χ4v) is 3.61. The van der Waals surface area contributed by atoms with Crippen LogP contribution in [0.1, 0.15) is 15.9 Å². The summed E-state index contributed by atoms with van der Waals surface area (Å²) in [6, 6.07) is 16.7. The summed E-state index contributed by atoms with van der Waals surface area (Å²) in [7, 11) is 5.93. The molecule has 0 atom stereocenters. The maximum absolute atomic E-state index is 13.6. The summed E-state index contributed by atoms with van der Waals surface area (Å²) in [5.74, 6) is 1.53. The third-order valence-electron chi connectivity index (χ3n) is 5.27. The molecule has 4 aromatic rings. The van der Waals surface area contributed by atoms with Crippen molar-refractivity contribution in [3.8, 4) is 28.7 Å². The van der Waals surface area contributed by atoms with Crippen LogP contribution in [-0.4, -0.2) is 45.1 Å². The van der Waals surface area contributed by atoms with E-state index in [2.05, 4.69) is 0 Å². The van der Waals surface area contributed by atoms with Gasteiger partial charge in [0, 0.05) is 17.0 Å². The van der Waals surface area contributed by atoms with Gasteiger partial charge in [-0.2, -0.15) is 4.73 Å². The SMILES string of the molecule is COc1ccc2c(C(=O)c3cc(OC)c(OC)c(OC)c3)cn(OC(=O)Oc3ccccc3)c2c1. The number of rotatable bonds is 8. The zero-order valence-electron chi connectivity index (χ0n) is 19.6. The third kappa shape index (κ3) is 4.70. The zero-order valence-corrected chi connectivity index (χ0v) is 19.6. The van der Waals surface area contributed by atoms with Gasteiger partial charge in [-0.1, -0.05) is 18.2 Å². The minimum Gasteiger partial charge on any atom is -0.497 e. The topological polar surface area (TPSA) is 94.5 Å². The van der Waals surface area contributed by atoms with E-state index in [1.54, 1.807) is 60.7 Å². The molecule has 0 spiro atoms. The van der Waals surface area contributed by atoms with E-state index in [-0.39, 0.29) is 11.3 Å². The molecule has 1 aromatic heterocycles. The number of methoxy groups -OCH3 is 4. The Morgan fingerprint density at radius 3 is 2.03 bits per heavy atom. The highest BCUT2D eigenvalue weighted by molar-refractivity contribution is 6.17. The molecule has 1 heterocycles. The Morgan fingerprint density at radius 2 is 1.43 bits per heavy atom. The summed E-state index contributed by atoms with van der Waals surface area (Å²) in [5.41, 5.74) is 1.01. The summed E-state index contributed by atoms with van der Waals surface area (Å²) in [5, 5.41) is 0.539. The van der Waals surface area contributed by atoms with Crippen molar-refractivity contribution in [1.29, 1.82) is 0 Å². The number of benzene rings is 3. The van der Waals surface area contributed by atoms with Crippen LogP contribution in [0.3, 0.4) is 0 Å². The summed E-state index contributed by atoms with van der Waals surface area (Å²) in [6.45, 7) is 0. The predicted octanol–water partition coefficient (Wildman–Crippen LogP) is 4.53. The molecule has 0 radical (unpaired) electrons. The Hall–Kier alpha value is -4.66. The van der Waals surface area contributed by atoms with Crippen LogP contribution in [0, 0.1) is 0 Å². The van der Waals surface area contributed by atoms with Gasteiger partial charge in [0.2, 0.25) is 5.75 Å². The average molecular weight is 477 g/mol. The lowest BCUT2D eigenvalue weighted by atomic mass is 10.0. The Balaban J connectivity index is 1.75. The number of hydrogen-bond acceptors (Lipinski definition) is 8. The van der Waals surface area contributed by atoms with Crippen molar-refractivity contribution in [1.82, 2.24) is 4.73 Å². The average Bonchev–Trinajstić information content (AvgIpc) is 3.24. The maximum atomic E-state index is 13.6. The molecule has 180 valence electrons. The van der Waals surface area contributed by atoms with Crippen LogP contribution in [0.5, 0.6) is 28.7 Å². The van der Waals surface area contributed by atoms with Gasteiger partial charge in [0.25, 0.3) is 0 Å². The molecule has 0 bridgehead atoms. The van der Waals surface area contributed by atoms with E-state index >= 15 is 0 Å². The molecule has 0 saturated carbocycles. The Morgan fingerprint density at radius 1 is 0.743 bits per heavy atom. The highest BCUT2D eigenvalue weighted by Gasteiger charge is 2.23. The Bertz CT molecular complexity index is 1350. The van der Waals surface area contributed by atoms with Crippen molar-refractivity contribution >= 4 is 22.8 Å². The number of aromatic nitrogens is 1. The van der Waals surface area contributed by atoms with Crippen LogP contribution >= 0.6 is 0 Å². The number of para-hydroxylation sites is 1. The van der Waals surface area contributed by atoms with Gasteiger partial charge in [0.05, 0.1) is 45.7 Å². The number of nitrogens with zero attached hydrogens (tertiary/aromatic N) is 1. The molecule has 0 unspecified atom stereocenters. The highest BCUT2D eigenvalue weighted by Crippen LogP contribution is 2.39. The first-order valence-corrected chi connectivity index (χ1v) is 10.5. The second kappa shape index (κ2) is 10.1. The van der Waals surface area contributed by atoms with Crippen LogP contribution < -0.4 is 28.5 Å². The van der Waals surface area contributed by atoms with E-state index in [0.717, 1.165) is 0 Å². The van der Waals surface area contributed by atoms with E-state index in [0.29, 0.717) is 45.2 Å². The van der Waals surface area contributed by atoms with E-state index in [4.69, 9.17) is 28.5 Å². The lowest BCUT2D eigenvalue weighted by molar-refractivity contribution is 0.0922. The number of hydrogen-bond donors (Lipinski definition) is 0. The van der Waals surface area contributed by atoms with Crippen molar-refractivity contribution in [2.45, 2.75) is 0 Å². The molecular formula is C26H23NO8. The summed E-state index contributed by atoms with van der Waals surface area (Å²) in [4.78, 5) is 31.4. The number of ether oxygens (including phenoxy) is 5. The van der Waals surface area contributed by atoms with Crippen LogP contribution in [0.4, 0.5) is 4.79 Å². The Kier molecular flexibility index (Phi) is 6.77. The van der Waals surface area contributed by atoms with Crippen molar-refractivity contribution in [3.05, 3.63) is 78.0 Å². The molecule has 9 nitrogen and oxygen atoms in total. The monoisotopic (exact) mass is 477 g/mol.